The van der Waals surface area contributed by atoms with Crippen molar-refractivity contribution in [2.24, 2.45) is 10.9 Å². The lowest BCUT2D eigenvalue weighted by Crippen LogP contribution is -2.13. The van der Waals surface area contributed by atoms with Crippen molar-refractivity contribution >= 4 is 17.4 Å². The van der Waals surface area contributed by atoms with Crippen LogP contribution in [0, 0.1) is 5.82 Å². The van der Waals surface area contributed by atoms with Crippen LogP contribution in [0.2, 0.25) is 5.02 Å². The molecule has 0 unspecified atom stereocenters. The lowest BCUT2D eigenvalue weighted by atomic mass is 10.1. The van der Waals surface area contributed by atoms with Gasteiger partial charge in [0.05, 0.1) is 5.02 Å². The molecule has 0 aliphatic rings. The Bertz CT molecular complexity index is 647. The van der Waals surface area contributed by atoms with Crippen LogP contribution in [-0.2, 0) is 6.61 Å². The van der Waals surface area contributed by atoms with Gasteiger partial charge in [-0.25, -0.2) is 4.39 Å². The third-order valence-electron chi connectivity index (χ3n) is 2.62. The van der Waals surface area contributed by atoms with Crippen LogP contribution < -0.4 is 10.5 Å². The van der Waals surface area contributed by atoms with Crippen LogP contribution in [0.15, 0.2) is 47.6 Å². The zero-order valence-electron chi connectivity index (χ0n) is 10.4. The SMILES string of the molecule is N/C(=N\O)c1cccc(COc2ccc(F)cc2Cl)c1. The summed E-state index contributed by atoms with van der Waals surface area (Å²) in [4.78, 5) is 0. The Morgan fingerprint density at radius 1 is 1.30 bits per heavy atom. The standard InChI is InChI=1S/C14H12ClFN2O2/c15-12-7-11(16)4-5-13(12)20-8-9-2-1-3-10(6-9)14(17)18-19/h1-7,19H,8H2,(H2,17,18). The normalized spacial score (nSPS) is 11.4. The number of benzene rings is 2. The molecule has 0 fully saturated rings. The Morgan fingerprint density at radius 3 is 2.80 bits per heavy atom. The Balaban J connectivity index is 2.11. The summed E-state index contributed by atoms with van der Waals surface area (Å²) in [6.07, 6.45) is 0. The first-order valence-corrected chi connectivity index (χ1v) is 6.12. The molecule has 4 nitrogen and oxygen atoms in total. The van der Waals surface area contributed by atoms with Crippen molar-refractivity contribution in [2.75, 3.05) is 0 Å². The quantitative estimate of drug-likeness (QED) is 0.394. The second-order valence-corrected chi connectivity index (χ2v) is 4.46. The number of halogens is 2. The number of hydrogen-bond acceptors (Lipinski definition) is 3. The highest BCUT2D eigenvalue weighted by Gasteiger charge is 2.05. The van der Waals surface area contributed by atoms with Crippen LogP contribution in [0.25, 0.3) is 0 Å². The van der Waals surface area contributed by atoms with E-state index >= 15 is 0 Å². The van der Waals surface area contributed by atoms with Gasteiger partial charge in [-0.05, 0) is 29.8 Å². The highest BCUT2D eigenvalue weighted by atomic mass is 35.5. The summed E-state index contributed by atoms with van der Waals surface area (Å²) in [6, 6.07) is 10.9. The van der Waals surface area contributed by atoms with Crippen LogP contribution in [0.1, 0.15) is 11.1 Å². The average Bonchev–Trinajstić information content (AvgIpc) is 2.46. The number of nitrogens with two attached hydrogens (primary N) is 1. The minimum Gasteiger partial charge on any atom is -0.487 e. The summed E-state index contributed by atoms with van der Waals surface area (Å²) >= 11 is 5.86. The molecule has 0 amide bonds. The molecule has 0 aromatic heterocycles. The van der Waals surface area contributed by atoms with E-state index in [9.17, 15) is 4.39 Å². The summed E-state index contributed by atoms with van der Waals surface area (Å²) < 4.78 is 18.4. The van der Waals surface area contributed by atoms with Crippen LogP contribution in [0.5, 0.6) is 5.75 Å². The molecule has 0 saturated heterocycles. The molecule has 104 valence electrons. The van der Waals surface area contributed by atoms with Crippen molar-refractivity contribution in [1.82, 2.24) is 0 Å². The minimum atomic E-state index is -0.420. The summed E-state index contributed by atoms with van der Waals surface area (Å²) in [5.74, 6) is -0.00906. The Hall–Kier alpha value is -2.27. The summed E-state index contributed by atoms with van der Waals surface area (Å²) in [5, 5.41) is 11.8. The maximum atomic E-state index is 12.9. The predicted octanol–water partition coefficient (Wildman–Crippen LogP) is 3.15. The third kappa shape index (κ3) is 3.39. The molecule has 0 aliphatic carbocycles. The van der Waals surface area contributed by atoms with Crippen molar-refractivity contribution in [3.63, 3.8) is 0 Å². The summed E-state index contributed by atoms with van der Waals surface area (Å²) in [7, 11) is 0. The van der Waals surface area contributed by atoms with Gasteiger partial charge in [0.25, 0.3) is 0 Å². The van der Waals surface area contributed by atoms with E-state index in [0.29, 0.717) is 11.3 Å². The number of oxime groups is 1. The zero-order chi connectivity index (χ0) is 14.5. The fourth-order valence-corrected chi connectivity index (χ4v) is 1.85. The van der Waals surface area contributed by atoms with Gasteiger partial charge < -0.3 is 15.7 Å². The predicted molar refractivity (Wildman–Crippen MR) is 74.7 cm³/mol. The minimum absolute atomic E-state index is 0.0201. The molecule has 6 heteroatoms. The molecule has 0 bridgehead atoms. The molecule has 2 rings (SSSR count). The molecular weight excluding hydrogens is 283 g/mol. The van der Waals surface area contributed by atoms with Gasteiger partial charge in [0.15, 0.2) is 5.84 Å². The van der Waals surface area contributed by atoms with Gasteiger partial charge in [-0.1, -0.05) is 35.0 Å². The van der Waals surface area contributed by atoms with E-state index in [4.69, 9.17) is 27.3 Å². The lowest BCUT2D eigenvalue weighted by Gasteiger charge is -2.09. The molecule has 2 aromatic carbocycles. The highest BCUT2D eigenvalue weighted by molar-refractivity contribution is 6.32. The van der Waals surface area contributed by atoms with Gasteiger partial charge in [0, 0.05) is 5.56 Å². The van der Waals surface area contributed by atoms with Crippen molar-refractivity contribution in [3.8, 4) is 5.75 Å². The summed E-state index contributed by atoms with van der Waals surface area (Å²) in [5.41, 5.74) is 6.90. The monoisotopic (exact) mass is 294 g/mol. The van der Waals surface area contributed by atoms with E-state index in [0.717, 1.165) is 5.56 Å². The number of amidine groups is 1. The lowest BCUT2D eigenvalue weighted by molar-refractivity contribution is 0.306. The van der Waals surface area contributed by atoms with Gasteiger partial charge in [-0.2, -0.15) is 0 Å². The Morgan fingerprint density at radius 2 is 2.10 bits per heavy atom. The number of hydrogen-bond donors (Lipinski definition) is 2. The molecule has 0 saturated carbocycles. The van der Waals surface area contributed by atoms with E-state index in [1.54, 1.807) is 18.2 Å². The van der Waals surface area contributed by atoms with Crippen molar-refractivity contribution in [1.29, 1.82) is 0 Å². The fraction of sp³-hybridized carbons (Fsp3) is 0.0714. The first kappa shape index (κ1) is 14.1. The molecule has 0 atom stereocenters. The third-order valence-corrected chi connectivity index (χ3v) is 2.91. The molecule has 2 aromatic rings. The first-order chi connectivity index (χ1) is 9.60. The maximum Gasteiger partial charge on any atom is 0.170 e. The Kier molecular flexibility index (Phi) is 4.42. The second kappa shape index (κ2) is 6.25. The molecular formula is C14H12ClFN2O2. The van der Waals surface area contributed by atoms with Crippen LogP contribution in [0.3, 0.4) is 0 Å². The number of nitrogens with zero attached hydrogens (tertiary/aromatic N) is 1. The van der Waals surface area contributed by atoms with Crippen LogP contribution in [-0.4, -0.2) is 11.0 Å². The number of ether oxygens (including phenoxy) is 1. The fourth-order valence-electron chi connectivity index (χ4n) is 1.63. The van der Waals surface area contributed by atoms with Gasteiger partial charge in [-0.15, -0.1) is 0 Å². The molecule has 0 radical (unpaired) electrons. The Labute approximate surface area is 120 Å². The smallest absolute Gasteiger partial charge is 0.170 e. The van der Waals surface area contributed by atoms with Crippen LogP contribution >= 0.6 is 11.6 Å². The molecule has 0 spiro atoms. The average molecular weight is 295 g/mol. The highest BCUT2D eigenvalue weighted by Crippen LogP contribution is 2.25. The number of rotatable bonds is 4. The van der Waals surface area contributed by atoms with Crippen molar-refractivity contribution in [3.05, 3.63) is 64.4 Å². The van der Waals surface area contributed by atoms with Crippen LogP contribution in [0.4, 0.5) is 4.39 Å². The van der Waals surface area contributed by atoms with E-state index in [1.165, 1.54) is 18.2 Å². The summed E-state index contributed by atoms with van der Waals surface area (Å²) in [6.45, 7) is 0.234. The molecule has 20 heavy (non-hydrogen) atoms. The van der Waals surface area contributed by atoms with Gasteiger partial charge >= 0.3 is 0 Å². The van der Waals surface area contributed by atoms with Crippen molar-refractivity contribution < 1.29 is 14.3 Å². The first-order valence-electron chi connectivity index (χ1n) is 5.75. The molecule has 0 heterocycles. The van der Waals surface area contributed by atoms with E-state index in [-0.39, 0.29) is 17.5 Å². The maximum absolute atomic E-state index is 12.9. The van der Waals surface area contributed by atoms with E-state index < -0.39 is 5.82 Å². The van der Waals surface area contributed by atoms with E-state index in [1.807, 2.05) is 6.07 Å². The van der Waals surface area contributed by atoms with E-state index in [2.05, 4.69) is 5.16 Å². The van der Waals surface area contributed by atoms with Gasteiger partial charge in [0.1, 0.15) is 18.2 Å². The molecule has 0 aliphatic heterocycles. The largest absolute Gasteiger partial charge is 0.487 e. The molecule has 3 N–H and O–H groups in total. The zero-order valence-corrected chi connectivity index (χ0v) is 11.1. The van der Waals surface area contributed by atoms with Gasteiger partial charge in [-0.3, -0.25) is 0 Å². The second-order valence-electron chi connectivity index (χ2n) is 4.05. The van der Waals surface area contributed by atoms with Crippen molar-refractivity contribution in [2.45, 2.75) is 6.61 Å². The van der Waals surface area contributed by atoms with Gasteiger partial charge in [0.2, 0.25) is 0 Å². The topological polar surface area (TPSA) is 67.8 Å².